The van der Waals surface area contributed by atoms with Crippen LogP contribution in [0.15, 0.2) is 30.3 Å². The van der Waals surface area contributed by atoms with E-state index in [-0.39, 0.29) is 0 Å². The van der Waals surface area contributed by atoms with Crippen molar-refractivity contribution in [2.75, 3.05) is 19.7 Å². The summed E-state index contributed by atoms with van der Waals surface area (Å²) in [4.78, 5) is 2.63. The van der Waals surface area contributed by atoms with E-state index in [2.05, 4.69) is 35.2 Å². The zero-order valence-corrected chi connectivity index (χ0v) is 15.5. The first-order valence-corrected chi connectivity index (χ1v) is 10.5. The van der Waals surface area contributed by atoms with Crippen molar-refractivity contribution in [1.82, 2.24) is 4.90 Å². The van der Waals surface area contributed by atoms with Crippen molar-refractivity contribution in [3.63, 3.8) is 0 Å². The summed E-state index contributed by atoms with van der Waals surface area (Å²) in [6.45, 7) is 3.27. The standard InChI is InChI=1S/C22H34N2O/c23-21-13-14-24(15-17-5-4-6-17)22(21)16-25-20-11-9-19(10-12-20)18-7-2-1-3-8-18/h1-3,7-8,17,19-22H,4-6,9-16,23H2. The van der Waals surface area contributed by atoms with E-state index in [9.17, 15) is 0 Å². The minimum Gasteiger partial charge on any atom is -0.377 e. The predicted octanol–water partition coefficient (Wildman–Crippen LogP) is 3.93. The number of hydrogen-bond acceptors (Lipinski definition) is 3. The first kappa shape index (κ1) is 17.5. The van der Waals surface area contributed by atoms with Crippen molar-refractivity contribution in [1.29, 1.82) is 0 Å². The highest BCUT2D eigenvalue weighted by molar-refractivity contribution is 5.19. The van der Waals surface area contributed by atoms with Gasteiger partial charge in [-0.15, -0.1) is 0 Å². The maximum atomic E-state index is 6.40. The summed E-state index contributed by atoms with van der Waals surface area (Å²) in [5.74, 6) is 1.65. The molecule has 1 aromatic carbocycles. The van der Waals surface area contributed by atoms with Crippen LogP contribution in [0.3, 0.4) is 0 Å². The van der Waals surface area contributed by atoms with Gasteiger partial charge in [-0.1, -0.05) is 36.8 Å². The number of hydrogen-bond donors (Lipinski definition) is 1. The minimum atomic E-state index is 0.306. The maximum absolute atomic E-state index is 6.40. The molecule has 2 unspecified atom stereocenters. The molecule has 3 fully saturated rings. The highest BCUT2D eigenvalue weighted by atomic mass is 16.5. The number of nitrogens with zero attached hydrogens (tertiary/aromatic N) is 1. The van der Waals surface area contributed by atoms with Gasteiger partial charge < -0.3 is 10.5 Å². The monoisotopic (exact) mass is 342 g/mol. The molecule has 0 radical (unpaired) electrons. The summed E-state index contributed by atoms with van der Waals surface area (Å²) in [5, 5.41) is 0. The molecule has 3 heteroatoms. The van der Waals surface area contributed by atoms with E-state index in [1.54, 1.807) is 0 Å². The second-order valence-corrected chi connectivity index (χ2v) is 8.53. The highest BCUT2D eigenvalue weighted by Crippen LogP contribution is 2.34. The second kappa shape index (κ2) is 8.20. The minimum absolute atomic E-state index is 0.306. The van der Waals surface area contributed by atoms with E-state index in [0.29, 0.717) is 18.2 Å². The fraction of sp³-hybridized carbons (Fsp3) is 0.727. The lowest BCUT2D eigenvalue weighted by atomic mass is 9.83. The molecule has 1 heterocycles. The molecule has 3 nitrogen and oxygen atoms in total. The number of ether oxygens (including phenoxy) is 1. The second-order valence-electron chi connectivity index (χ2n) is 8.53. The Morgan fingerprint density at radius 1 is 0.960 bits per heavy atom. The molecule has 2 atom stereocenters. The SMILES string of the molecule is NC1CCN(CC2CCC2)C1COC1CCC(c2ccccc2)CC1. The predicted molar refractivity (Wildman–Crippen MR) is 103 cm³/mol. The summed E-state index contributed by atoms with van der Waals surface area (Å²) in [7, 11) is 0. The summed E-state index contributed by atoms with van der Waals surface area (Å²) in [6.07, 6.45) is 10.8. The molecule has 2 N–H and O–H groups in total. The van der Waals surface area contributed by atoms with Crippen LogP contribution in [0, 0.1) is 5.92 Å². The Morgan fingerprint density at radius 3 is 2.40 bits per heavy atom. The lowest BCUT2D eigenvalue weighted by molar-refractivity contribution is -0.00939. The average molecular weight is 343 g/mol. The maximum Gasteiger partial charge on any atom is 0.0640 e. The Bertz CT molecular complexity index is 522. The molecule has 1 aliphatic heterocycles. The third kappa shape index (κ3) is 4.27. The molecule has 0 bridgehead atoms. The van der Waals surface area contributed by atoms with Crippen molar-refractivity contribution in [2.24, 2.45) is 11.7 Å². The van der Waals surface area contributed by atoms with Crippen LogP contribution < -0.4 is 5.73 Å². The van der Waals surface area contributed by atoms with Gasteiger partial charge in [-0.05, 0) is 62.3 Å². The Labute approximate surface area is 152 Å². The molecule has 0 amide bonds. The zero-order valence-electron chi connectivity index (χ0n) is 15.5. The van der Waals surface area contributed by atoms with Gasteiger partial charge in [0.1, 0.15) is 0 Å². The van der Waals surface area contributed by atoms with Crippen molar-refractivity contribution in [3.8, 4) is 0 Å². The smallest absolute Gasteiger partial charge is 0.0640 e. The third-order valence-corrected chi connectivity index (χ3v) is 6.88. The summed E-state index contributed by atoms with van der Waals surface area (Å²) in [6, 6.07) is 11.8. The highest BCUT2D eigenvalue weighted by Gasteiger charge is 2.35. The van der Waals surface area contributed by atoms with Gasteiger partial charge in [-0.2, -0.15) is 0 Å². The molecule has 2 saturated carbocycles. The van der Waals surface area contributed by atoms with Gasteiger partial charge in [-0.25, -0.2) is 0 Å². The van der Waals surface area contributed by atoms with Crippen LogP contribution in [0.25, 0.3) is 0 Å². The Kier molecular flexibility index (Phi) is 5.74. The van der Waals surface area contributed by atoms with Gasteiger partial charge in [0.15, 0.2) is 0 Å². The van der Waals surface area contributed by atoms with Gasteiger partial charge in [0.05, 0.1) is 12.7 Å². The molecule has 0 spiro atoms. The van der Waals surface area contributed by atoms with Crippen molar-refractivity contribution < 1.29 is 4.74 Å². The fourth-order valence-electron chi connectivity index (χ4n) is 4.93. The van der Waals surface area contributed by atoms with E-state index in [4.69, 9.17) is 10.5 Å². The van der Waals surface area contributed by atoms with Gasteiger partial charge in [0.25, 0.3) is 0 Å². The summed E-state index contributed by atoms with van der Waals surface area (Å²) < 4.78 is 6.36. The average Bonchev–Trinajstić information content (AvgIpc) is 2.97. The van der Waals surface area contributed by atoms with Crippen LogP contribution in [-0.4, -0.2) is 42.8 Å². The van der Waals surface area contributed by atoms with Gasteiger partial charge in [0, 0.05) is 25.2 Å². The summed E-state index contributed by atoms with van der Waals surface area (Å²) >= 11 is 0. The zero-order chi connectivity index (χ0) is 17.1. The van der Waals surface area contributed by atoms with Crippen LogP contribution in [0.4, 0.5) is 0 Å². The van der Waals surface area contributed by atoms with Gasteiger partial charge >= 0.3 is 0 Å². The van der Waals surface area contributed by atoms with E-state index in [1.165, 1.54) is 63.6 Å². The van der Waals surface area contributed by atoms with Gasteiger partial charge in [0.2, 0.25) is 0 Å². The lowest BCUT2D eigenvalue weighted by Crippen LogP contribution is -2.46. The molecule has 2 aliphatic carbocycles. The summed E-state index contributed by atoms with van der Waals surface area (Å²) in [5.41, 5.74) is 7.90. The third-order valence-electron chi connectivity index (χ3n) is 6.88. The van der Waals surface area contributed by atoms with E-state index >= 15 is 0 Å². The quantitative estimate of drug-likeness (QED) is 0.851. The van der Waals surface area contributed by atoms with Crippen molar-refractivity contribution in [3.05, 3.63) is 35.9 Å². The van der Waals surface area contributed by atoms with Gasteiger partial charge in [-0.3, -0.25) is 4.90 Å². The number of likely N-dealkylation sites (tertiary alicyclic amines) is 1. The molecule has 1 saturated heterocycles. The fourth-order valence-corrected chi connectivity index (χ4v) is 4.93. The molecular formula is C22H34N2O. The molecule has 3 aliphatic rings. The first-order chi connectivity index (χ1) is 12.3. The Hall–Kier alpha value is -0.900. The molecule has 1 aromatic rings. The number of benzene rings is 1. The van der Waals surface area contributed by atoms with E-state index < -0.39 is 0 Å². The van der Waals surface area contributed by atoms with Crippen LogP contribution in [0.2, 0.25) is 0 Å². The van der Waals surface area contributed by atoms with Crippen LogP contribution >= 0.6 is 0 Å². The van der Waals surface area contributed by atoms with Crippen LogP contribution in [0.5, 0.6) is 0 Å². The van der Waals surface area contributed by atoms with Crippen LogP contribution in [0.1, 0.15) is 62.8 Å². The van der Waals surface area contributed by atoms with E-state index in [1.807, 2.05) is 0 Å². The Morgan fingerprint density at radius 2 is 1.72 bits per heavy atom. The molecule has 138 valence electrons. The number of rotatable bonds is 6. The molecule has 0 aromatic heterocycles. The van der Waals surface area contributed by atoms with Crippen LogP contribution in [-0.2, 0) is 4.74 Å². The topological polar surface area (TPSA) is 38.5 Å². The van der Waals surface area contributed by atoms with E-state index in [0.717, 1.165) is 24.9 Å². The number of nitrogens with two attached hydrogens (primary N) is 1. The Balaban J connectivity index is 1.23. The van der Waals surface area contributed by atoms with Crippen molar-refractivity contribution in [2.45, 2.75) is 75.5 Å². The molecular weight excluding hydrogens is 308 g/mol. The van der Waals surface area contributed by atoms with Crippen molar-refractivity contribution >= 4 is 0 Å². The largest absolute Gasteiger partial charge is 0.377 e. The normalized spacial score (nSPS) is 34.1. The first-order valence-electron chi connectivity index (χ1n) is 10.5. The molecule has 25 heavy (non-hydrogen) atoms. The lowest BCUT2D eigenvalue weighted by Gasteiger charge is -2.35. The molecule has 4 rings (SSSR count).